The van der Waals surface area contributed by atoms with E-state index in [4.69, 9.17) is 4.74 Å². The molecule has 1 aliphatic carbocycles. The van der Waals surface area contributed by atoms with Crippen molar-refractivity contribution in [3.63, 3.8) is 0 Å². The first kappa shape index (κ1) is 14.8. The summed E-state index contributed by atoms with van der Waals surface area (Å²) in [5.74, 6) is 0.681. The number of ether oxygens (including phenoxy) is 1. The predicted molar refractivity (Wildman–Crippen MR) is 74.1 cm³/mol. The zero-order valence-corrected chi connectivity index (χ0v) is 12.2. The number of carboxylic acid groups (broad SMARTS) is 1. The standard InChI is InChI=1S/C15H27NO3/c1-12-3-6-15(7-4-12,14(17)18)11-16-8-5-13(9-16)10-19-2/h12-13H,3-11H2,1-2H3,(H,17,18). The summed E-state index contributed by atoms with van der Waals surface area (Å²) in [5.41, 5.74) is -0.492. The monoisotopic (exact) mass is 269 g/mol. The van der Waals surface area contributed by atoms with Gasteiger partial charge in [-0.05, 0) is 50.5 Å². The van der Waals surface area contributed by atoms with Crippen molar-refractivity contribution in [1.29, 1.82) is 0 Å². The van der Waals surface area contributed by atoms with Gasteiger partial charge >= 0.3 is 5.97 Å². The molecule has 2 aliphatic rings. The van der Waals surface area contributed by atoms with Gasteiger partial charge in [-0.25, -0.2) is 0 Å². The van der Waals surface area contributed by atoms with E-state index in [9.17, 15) is 9.90 Å². The highest BCUT2D eigenvalue weighted by Gasteiger charge is 2.43. The molecule has 2 rings (SSSR count). The first-order valence-electron chi connectivity index (χ1n) is 7.50. The zero-order chi connectivity index (χ0) is 13.9. The van der Waals surface area contributed by atoms with Crippen LogP contribution < -0.4 is 0 Å². The summed E-state index contributed by atoms with van der Waals surface area (Å²) in [6, 6.07) is 0. The van der Waals surface area contributed by atoms with Gasteiger partial charge in [-0.15, -0.1) is 0 Å². The number of hydrogen-bond acceptors (Lipinski definition) is 3. The molecule has 4 heteroatoms. The van der Waals surface area contributed by atoms with Gasteiger partial charge in [0.25, 0.3) is 0 Å². The average Bonchev–Trinajstić information content (AvgIpc) is 2.80. The van der Waals surface area contributed by atoms with Gasteiger partial charge < -0.3 is 14.7 Å². The molecule has 0 radical (unpaired) electrons. The Morgan fingerprint density at radius 3 is 2.63 bits per heavy atom. The Hall–Kier alpha value is -0.610. The van der Waals surface area contributed by atoms with Gasteiger partial charge in [-0.3, -0.25) is 4.79 Å². The number of methoxy groups -OCH3 is 1. The zero-order valence-electron chi connectivity index (χ0n) is 12.2. The van der Waals surface area contributed by atoms with E-state index >= 15 is 0 Å². The van der Waals surface area contributed by atoms with Crippen LogP contribution in [0.2, 0.25) is 0 Å². The molecular weight excluding hydrogens is 242 g/mol. The van der Waals surface area contributed by atoms with Gasteiger partial charge in [0.2, 0.25) is 0 Å². The molecule has 1 heterocycles. The molecule has 0 spiro atoms. The number of nitrogens with zero attached hydrogens (tertiary/aromatic N) is 1. The molecule has 0 amide bonds. The summed E-state index contributed by atoms with van der Waals surface area (Å²) in [7, 11) is 1.74. The second-order valence-corrected chi connectivity index (χ2v) is 6.61. The molecule has 1 saturated carbocycles. The first-order chi connectivity index (χ1) is 9.05. The summed E-state index contributed by atoms with van der Waals surface area (Å²) >= 11 is 0. The van der Waals surface area contributed by atoms with Crippen molar-refractivity contribution in [3.8, 4) is 0 Å². The molecule has 19 heavy (non-hydrogen) atoms. The first-order valence-corrected chi connectivity index (χ1v) is 7.50. The fourth-order valence-corrected chi connectivity index (χ4v) is 3.61. The summed E-state index contributed by atoms with van der Waals surface area (Å²) in [6.45, 7) is 5.79. The number of carboxylic acids is 1. The van der Waals surface area contributed by atoms with Crippen molar-refractivity contribution in [3.05, 3.63) is 0 Å². The van der Waals surface area contributed by atoms with Gasteiger partial charge in [0, 0.05) is 20.2 Å². The largest absolute Gasteiger partial charge is 0.481 e. The summed E-state index contributed by atoms with van der Waals surface area (Å²) in [6.07, 6.45) is 4.94. The molecule has 1 unspecified atom stereocenters. The number of aliphatic carboxylic acids is 1. The fourth-order valence-electron chi connectivity index (χ4n) is 3.61. The highest BCUT2D eigenvalue weighted by molar-refractivity contribution is 5.75. The molecule has 1 aliphatic heterocycles. The maximum Gasteiger partial charge on any atom is 0.310 e. The Morgan fingerprint density at radius 1 is 1.37 bits per heavy atom. The summed E-state index contributed by atoms with van der Waals surface area (Å²) in [4.78, 5) is 14.1. The Balaban J connectivity index is 1.93. The van der Waals surface area contributed by atoms with E-state index in [1.807, 2.05) is 0 Å². The van der Waals surface area contributed by atoms with Crippen LogP contribution in [0.15, 0.2) is 0 Å². The van der Waals surface area contributed by atoms with Crippen molar-refractivity contribution >= 4 is 5.97 Å². The van der Waals surface area contributed by atoms with Crippen LogP contribution >= 0.6 is 0 Å². The molecule has 1 saturated heterocycles. The third kappa shape index (κ3) is 3.48. The van der Waals surface area contributed by atoms with E-state index in [2.05, 4.69) is 11.8 Å². The second-order valence-electron chi connectivity index (χ2n) is 6.61. The maximum absolute atomic E-state index is 11.7. The van der Waals surface area contributed by atoms with Crippen LogP contribution in [0.5, 0.6) is 0 Å². The average molecular weight is 269 g/mol. The predicted octanol–water partition coefficient (Wildman–Crippen LogP) is 2.24. The lowest BCUT2D eigenvalue weighted by molar-refractivity contribution is -0.153. The minimum atomic E-state index is -0.588. The van der Waals surface area contributed by atoms with Crippen molar-refractivity contribution in [2.75, 3.05) is 33.4 Å². The maximum atomic E-state index is 11.7. The van der Waals surface area contributed by atoms with Crippen LogP contribution in [-0.2, 0) is 9.53 Å². The van der Waals surface area contributed by atoms with Crippen LogP contribution in [0.25, 0.3) is 0 Å². The van der Waals surface area contributed by atoms with E-state index in [1.165, 1.54) is 0 Å². The Labute approximate surface area is 116 Å². The molecule has 0 aromatic carbocycles. The number of rotatable bonds is 5. The minimum Gasteiger partial charge on any atom is -0.481 e. The normalized spacial score (nSPS) is 36.5. The van der Waals surface area contributed by atoms with E-state index in [0.29, 0.717) is 11.8 Å². The Bertz CT molecular complexity index is 311. The molecule has 0 aromatic rings. The van der Waals surface area contributed by atoms with Crippen LogP contribution in [0, 0.1) is 17.3 Å². The highest BCUT2D eigenvalue weighted by atomic mass is 16.5. The van der Waals surface area contributed by atoms with Gasteiger partial charge in [-0.1, -0.05) is 6.92 Å². The molecule has 110 valence electrons. The molecule has 2 fully saturated rings. The summed E-state index contributed by atoms with van der Waals surface area (Å²) < 4.78 is 5.21. The van der Waals surface area contributed by atoms with Crippen molar-refractivity contribution < 1.29 is 14.6 Å². The van der Waals surface area contributed by atoms with E-state index in [0.717, 1.165) is 58.3 Å². The van der Waals surface area contributed by atoms with Crippen molar-refractivity contribution in [1.82, 2.24) is 4.90 Å². The van der Waals surface area contributed by atoms with E-state index < -0.39 is 11.4 Å². The summed E-state index contributed by atoms with van der Waals surface area (Å²) in [5, 5.41) is 9.65. The van der Waals surface area contributed by atoms with Crippen molar-refractivity contribution in [2.24, 2.45) is 17.3 Å². The third-order valence-electron chi connectivity index (χ3n) is 4.98. The molecule has 0 bridgehead atoms. The lowest BCUT2D eigenvalue weighted by Gasteiger charge is -2.38. The van der Waals surface area contributed by atoms with Gasteiger partial charge in [0.15, 0.2) is 0 Å². The number of likely N-dealkylation sites (tertiary alicyclic amines) is 1. The highest BCUT2D eigenvalue weighted by Crippen LogP contribution is 2.40. The lowest BCUT2D eigenvalue weighted by Crippen LogP contribution is -2.44. The molecule has 1 atom stereocenters. The van der Waals surface area contributed by atoms with Gasteiger partial charge in [-0.2, -0.15) is 0 Å². The minimum absolute atomic E-state index is 0.492. The number of carbonyl (C=O) groups is 1. The molecule has 4 nitrogen and oxygen atoms in total. The molecular formula is C15H27NO3. The fraction of sp³-hybridized carbons (Fsp3) is 0.933. The van der Waals surface area contributed by atoms with E-state index in [1.54, 1.807) is 7.11 Å². The van der Waals surface area contributed by atoms with Crippen molar-refractivity contribution in [2.45, 2.75) is 39.0 Å². The quantitative estimate of drug-likeness (QED) is 0.831. The number of hydrogen-bond donors (Lipinski definition) is 1. The smallest absolute Gasteiger partial charge is 0.310 e. The lowest BCUT2D eigenvalue weighted by atomic mass is 9.70. The Morgan fingerprint density at radius 2 is 2.05 bits per heavy atom. The van der Waals surface area contributed by atoms with Gasteiger partial charge in [0.1, 0.15) is 0 Å². The molecule has 1 N–H and O–H groups in total. The Kier molecular flexibility index (Phi) is 4.85. The van der Waals surface area contributed by atoms with Crippen LogP contribution in [0.3, 0.4) is 0 Å². The van der Waals surface area contributed by atoms with Gasteiger partial charge in [0.05, 0.1) is 12.0 Å². The van der Waals surface area contributed by atoms with E-state index in [-0.39, 0.29) is 0 Å². The SMILES string of the molecule is COCC1CCN(CC2(C(=O)O)CCC(C)CC2)C1. The van der Waals surface area contributed by atoms with Crippen LogP contribution in [0.4, 0.5) is 0 Å². The van der Waals surface area contributed by atoms with Crippen LogP contribution in [-0.4, -0.2) is 49.3 Å². The second kappa shape index (κ2) is 6.23. The molecule has 0 aromatic heterocycles. The topological polar surface area (TPSA) is 49.8 Å². The third-order valence-corrected chi connectivity index (χ3v) is 4.98. The van der Waals surface area contributed by atoms with Crippen LogP contribution in [0.1, 0.15) is 39.0 Å².